The van der Waals surface area contributed by atoms with Crippen LogP contribution in [0, 0.1) is 0 Å². The topological polar surface area (TPSA) is 63.6 Å². The molecule has 2 heterocycles. The number of para-hydroxylation sites is 2. The summed E-state index contributed by atoms with van der Waals surface area (Å²) in [6.45, 7) is 0. The minimum atomic E-state index is -0.520. The zero-order chi connectivity index (χ0) is 25.5. The van der Waals surface area contributed by atoms with Gasteiger partial charge in [0, 0.05) is 28.9 Å². The standard InChI is InChI=1S/C30H21N3O3S/c1-32-26-10-6-5-9-23(26)24-17-19(11-16-27(24)32)18-25-28(34)31-30(37)33(29(25)35)20-12-14-22(15-13-20)36-21-7-3-2-4-8-21/h2-18H,1H3,(H,31,34,37). The van der Waals surface area contributed by atoms with Gasteiger partial charge in [-0.05, 0) is 78.5 Å². The zero-order valence-corrected chi connectivity index (χ0v) is 20.7. The van der Waals surface area contributed by atoms with Gasteiger partial charge in [0.2, 0.25) is 0 Å². The van der Waals surface area contributed by atoms with Gasteiger partial charge in [-0.25, -0.2) is 0 Å². The Morgan fingerprint density at radius 2 is 1.46 bits per heavy atom. The fourth-order valence-electron chi connectivity index (χ4n) is 4.62. The lowest BCUT2D eigenvalue weighted by atomic mass is 10.0. The van der Waals surface area contributed by atoms with Crippen molar-refractivity contribution in [2.24, 2.45) is 7.05 Å². The Bertz CT molecular complexity index is 1740. The number of aromatic nitrogens is 1. The number of thiocarbonyl (C=S) groups is 1. The molecule has 0 aliphatic carbocycles. The summed E-state index contributed by atoms with van der Waals surface area (Å²) in [6, 6.07) is 30.5. The first-order chi connectivity index (χ1) is 18.0. The summed E-state index contributed by atoms with van der Waals surface area (Å²) in [7, 11) is 2.02. The highest BCUT2D eigenvalue weighted by molar-refractivity contribution is 7.80. The number of hydrogen-bond donors (Lipinski definition) is 1. The molecule has 0 unspecified atom stereocenters. The third-order valence-corrected chi connectivity index (χ3v) is 6.71. The third kappa shape index (κ3) is 4.05. The number of carbonyl (C=O) groups excluding carboxylic acids is 2. The maximum atomic E-state index is 13.5. The van der Waals surface area contributed by atoms with Crippen LogP contribution >= 0.6 is 12.2 Å². The van der Waals surface area contributed by atoms with Gasteiger partial charge in [0.15, 0.2) is 5.11 Å². The minimum absolute atomic E-state index is 0.0119. The number of nitrogens with zero attached hydrogens (tertiary/aromatic N) is 2. The van der Waals surface area contributed by atoms with Gasteiger partial charge < -0.3 is 9.30 Å². The van der Waals surface area contributed by atoms with Crippen molar-refractivity contribution >= 4 is 62.7 Å². The van der Waals surface area contributed by atoms with Crippen LogP contribution in [0.2, 0.25) is 0 Å². The van der Waals surface area contributed by atoms with Crippen LogP contribution in [0.15, 0.2) is 103 Å². The molecule has 0 bridgehead atoms. The van der Waals surface area contributed by atoms with Crippen molar-refractivity contribution in [1.82, 2.24) is 9.88 Å². The molecule has 2 amide bonds. The van der Waals surface area contributed by atoms with Crippen molar-refractivity contribution in [2.45, 2.75) is 0 Å². The first kappa shape index (κ1) is 22.7. The van der Waals surface area contributed by atoms with E-state index in [1.54, 1.807) is 30.3 Å². The van der Waals surface area contributed by atoms with E-state index in [-0.39, 0.29) is 10.7 Å². The number of ether oxygens (including phenoxy) is 1. The maximum absolute atomic E-state index is 13.5. The Hall–Kier alpha value is -4.75. The molecule has 6 nitrogen and oxygen atoms in total. The second-order valence-corrected chi connectivity index (χ2v) is 9.11. The van der Waals surface area contributed by atoms with Crippen molar-refractivity contribution in [3.05, 3.63) is 108 Å². The lowest BCUT2D eigenvalue weighted by Crippen LogP contribution is -2.54. The van der Waals surface area contributed by atoms with Gasteiger partial charge in [0.1, 0.15) is 17.1 Å². The number of amides is 2. The molecular weight excluding hydrogens is 482 g/mol. The molecular formula is C30H21N3O3S. The van der Waals surface area contributed by atoms with Crippen LogP contribution in [-0.4, -0.2) is 21.5 Å². The molecule has 1 saturated heterocycles. The fraction of sp³-hybridized carbons (Fsp3) is 0.0333. The summed E-state index contributed by atoms with van der Waals surface area (Å²) in [5, 5.41) is 4.85. The van der Waals surface area contributed by atoms with Crippen LogP contribution in [0.25, 0.3) is 27.9 Å². The van der Waals surface area contributed by atoms with Gasteiger partial charge in [-0.2, -0.15) is 0 Å². The molecule has 4 aromatic carbocycles. The number of carbonyl (C=O) groups is 2. The average Bonchev–Trinajstić information content (AvgIpc) is 3.19. The van der Waals surface area contributed by atoms with E-state index >= 15 is 0 Å². The molecule has 0 radical (unpaired) electrons. The van der Waals surface area contributed by atoms with E-state index in [0.717, 1.165) is 27.4 Å². The summed E-state index contributed by atoms with van der Waals surface area (Å²) in [4.78, 5) is 27.6. The minimum Gasteiger partial charge on any atom is -0.457 e. The normalized spacial score (nSPS) is 15.0. The largest absolute Gasteiger partial charge is 0.457 e. The summed E-state index contributed by atoms with van der Waals surface area (Å²) in [5.41, 5.74) is 3.48. The van der Waals surface area contributed by atoms with E-state index in [0.29, 0.717) is 17.2 Å². The molecule has 1 aromatic heterocycles. The molecule has 0 spiro atoms. The van der Waals surface area contributed by atoms with Crippen molar-refractivity contribution in [3.8, 4) is 11.5 Å². The number of aryl methyl sites for hydroxylation is 1. The molecule has 1 N–H and O–H groups in total. The van der Waals surface area contributed by atoms with Crippen molar-refractivity contribution in [2.75, 3.05) is 4.90 Å². The fourth-order valence-corrected chi connectivity index (χ4v) is 4.90. The van der Waals surface area contributed by atoms with Gasteiger partial charge in [0.05, 0.1) is 5.69 Å². The Labute approximate surface area is 218 Å². The van der Waals surface area contributed by atoms with E-state index < -0.39 is 11.8 Å². The number of nitrogens with one attached hydrogen (secondary N) is 1. The quantitative estimate of drug-likeness (QED) is 0.187. The Balaban J connectivity index is 1.33. The molecule has 37 heavy (non-hydrogen) atoms. The summed E-state index contributed by atoms with van der Waals surface area (Å²) < 4.78 is 7.97. The van der Waals surface area contributed by atoms with Crippen LogP contribution < -0.4 is 15.0 Å². The SMILES string of the molecule is Cn1c2ccccc2c2cc(C=C3C(=O)NC(=S)N(c4ccc(Oc5ccccc5)cc4)C3=O)ccc21. The highest BCUT2D eigenvalue weighted by Crippen LogP contribution is 2.30. The summed E-state index contributed by atoms with van der Waals surface area (Å²) in [5.74, 6) is 0.325. The molecule has 180 valence electrons. The monoisotopic (exact) mass is 503 g/mol. The van der Waals surface area contributed by atoms with Gasteiger partial charge in [0.25, 0.3) is 11.8 Å². The summed E-state index contributed by atoms with van der Waals surface area (Å²) >= 11 is 5.35. The maximum Gasteiger partial charge on any atom is 0.270 e. The van der Waals surface area contributed by atoms with Gasteiger partial charge in [-0.3, -0.25) is 19.8 Å². The molecule has 5 aromatic rings. The molecule has 0 saturated carbocycles. The lowest BCUT2D eigenvalue weighted by molar-refractivity contribution is -0.122. The van der Waals surface area contributed by atoms with E-state index in [2.05, 4.69) is 22.0 Å². The Morgan fingerprint density at radius 3 is 2.24 bits per heavy atom. The number of rotatable bonds is 4. The van der Waals surface area contributed by atoms with Crippen LogP contribution in [0.5, 0.6) is 11.5 Å². The first-order valence-corrected chi connectivity index (χ1v) is 12.1. The van der Waals surface area contributed by atoms with E-state index in [9.17, 15) is 9.59 Å². The van der Waals surface area contributed by atoms with Crippen LogP contribution in [-0.2, 0) is 16.6 Å². The van der Waals surface area contributed by atoms with Crippen molar-refractivity contribution in [1.29, 1.82) is 0 Å². The Morgan fingerprint density at radius 1 is 0.784 bits per heavy atom. The number of hydrogen-bond acceptors (Lipinski definition) is 4. The van der Waals surface area contributed by atoms with Gasteiger partial charge >= 0.3 is 0 Å². The number of benzene rings is 4. The molecule has 0 atom stereocenters. The number of fused-ring (bicyclic) bond motifs is 3. The van der Waals surface area contributed by atoms with Crippen LogP contribution in [0.1, 0.15) is 5.56 Å². The predicted octanol–water partition coefficient (Wildman–Crippen LogP) is 5.96. The first-order valence-electron chi connectivity index (χ1n) is 11.7. The lowest BCUT2D eigenvalue weighted by Gasteiger charge is -2.29. The predicted molar refractivity (Wildman–Crippen MR) is 150 cm³/mol. The third-order valence-electron chi connectivity index (χ3n) is 6.42. The van der Waals surface area contributed by atoms with Crippen LogP contribution in [0.4, 0.5) is 5.69 Å². The average molecular weight is 504 g/mol. The number of anilines is 1. The second kappa shape index (κ2) is 9.04. The molecule has 1 aliphatic heterocycles. The molecule has 1 fully saturated rings. The zero-order valence-electron chi connectivity index (χ0n) is 19.8. The molecule has 1 aliphatic rings. The van der Waals surface area contributed by atoms with Crippen molar-refractivity contribution < 1.29 is 14.3 Å². The molecule has 6 rings (SSSR count). The van der Waals surface area contributed by atoms with Crippen LogP contribution in [0.3, 0.4) is 0 Å². The van der Waals surface area contributed by atoms with E-state index in [1.807, 2.05) is 67.7 Å². The van der Waals surface area contributed by atoms with E-state index in [4.69, 9.17) is 17.0 Å². The van der Waals surface area contributed by atoms with E-state index in [1.165, 1.54) is 4.90 Å². The van der Waals surface area contributed by atoms with Gasteiger partial charge in [-0.1, -0.05) is 42.5 Å². The second-order valence-electron chi connectivity index (χ2n) is 8.72. The smallest absolute Gasteiger partial charge is 0.270 e. The summed E-state index contributed by atoms with van der Waals surface area (Å²) in [6.07, 6.45) is 1.61. The van der Waals surface area contributed by atoms with Gasteiger partial charge in [-0.15, -0.1) is 0 Å². The Kier molecular flexibility index (Phi) is 5.54. The van der Waals surface area contributed by atoms with Crippen molar-refractivity contribution in [3.63, 3.8) is 0 Å². The highest BCUT2D eigenvalue weighted by Gasteiger charge is 2.34. The molecule has 7 heteroatoms. The highest BCUT2D eigenvalue weighted by atomic mass is 32.1.